The zero-order chi connectivity index (χ0) is 21.9. The van der Waals surface area contributed by atoms with Crippen LogP contribution >= 0.6 is 11.3 Å². The number of phenolic OH excluding ortho intramolecular Hbond substituents is 1. The van der Waals surface area contributed by atoms with E-state index in [1.54, 1.807) is 12.1 Å². The predicted molar refractivity (Wildman–Crippen MR) is 109 cm³/mol. The van der Waals surface area contributed by atoms with Gasteiger partial charge in [-0.3, -0.25) is 9.78 Å². The first-order valence-electron chi connectivity index (χ1n) is 9.78. The Labute approximate surface area is 177 Å². The summed E-state index contributed by atoms with van der Waals surface area (Å²) in [5, 5.41) is 12.2. The number of carbonyl (C=O) groups excluding carboxylic acids is 1. The molecule has 30 heavy (non-hydrogen) atoms. The second-order valence-corrected chi connectivity index (χ2v) is 9.02. The van der Waals surface area contributed by atoms with Gasteiger partial charge in [-0.05, 0) is 51.1 Å². The first kappa shape index (κ1) is 22.6. The molecule has 5 nitrogen and oxygen atoms in total. The normalized spacial score (nSPS) is 17.5. The average Bonchev–Trinajstić information content (AvgIpc) is 3.32. The molecule has 1 fully saturated rings. The van der Waals surface area contributed by atoms with Crippen molar-refractivity contribution in [3.05, 3.63) is 46.4 Å². The van der Waals surface area contributed by atoms with Crippen LogP contribution in [0.15, 0.2) is 36.0 Å². The summed E-state index contributed by atoms with van der Waals surface area (Å²) in [5.74, 6) is -1.11. The second kappa shape index (κ2) is 8.93. The van der Waals surface area contributed by atoms with Crippen LogP contribution < -0.4 is 5.32 Å². The number of carbonyl (C=O) groups is 1. The number of thiazole rings is 1. The summed E-state index contributed by atoms with van der Waals surface area (Å²) in [6, 6.07) is 6.80. The fourth-order valence-electron chi connectivity index (χ4n) is 3.76. The standard InChI is InChI=1S/C21H26F3N3O2S/c1-27(2)15(9-14-3-5-16(28)6-4-14)11-26-19(29)10-17(18-12-25-13-30-18)20(7-8-20)21(22,23)24/h3-6,12-13,15,17,28H,7-11H2,1-2H3,(H,26,29)/t15-,17?/m0/s1. The number of alkyl halides is 3. The van der Waals surface area contributed by atoms with Gasteiger partial charge in [0, 0.05) is 36.0 Å². The molecule has 1 unspecified atom stereocenters. The lowest BCUT2D eigenvalue weighted by molar-refractivity contribution is -0.194. The first-order valence-corrected chi connectivity index (χ1v) is 10.7. The molecule has 1 amide bonds. The van der Waals surface area contributed by atoms with E-state index in [2.05, 4.69) is 10.3 Å². The molecule has 3 rings (SSSR count). The minimum Gasteiger partial charge on any atom is -0.508 e. The van der Waals surface area contributed by atoms with Crippen molar-refractivity contribution in [3.8, 4) is 5.75 Å². The molecule has 1 aliphatic carbocycles. The molecule has 1 heterocycles. The highest BCUT2D eigenvalue weighted by atomic mass is 32.1. The maximum atomic E-state index is 13.7. The fourth-order valence-corrected chi connectivity index (χ4v) is 4.60. The summed E-state index contributed by atoms with van der Waals surface area (Å²) in [7, 11) is 3.78. The van der Waals surface area contributed by atoms with Gasteiger partial charge in [-0.25, -0.2) is 0 Å². The highest BCUT2D eigenvalue weighted by molar-refractivity contribution is 7.09. The van der Waals surface area contributed by atoms with Crippen LogP contribution in [0.1, 0.15) is 35.6 Å². The zero-order valence-corrected chi connectivity index (χ0v) is 17.8. The Morgan fingerprint density at radius 1 is 1.30 bits per heavy atom. The second-order valence-electron chi connectivity index (χ2n) is 8.11. The van der Waals surface area contributed by atoms with E-state index in [-0.39, 0.29) is 37.0 Å². The van der Waals surface area contributed by atoms with Crippen molar-refractivity contribution in [3.63, 3.8) is 0 Å². The Bertz CT molecular complexity index is 834. The zero-order valence-electron chi connectivity index (χ0n) is 16.9. The lowest BCUT2D eigenvalue weighted by Gasteiger charge is -2.29. The summed E-state index contributed by atoms with van der Waals surface area (Å²) in [6.07, 6.45) is -2.37. The Balaban J connectivity index is 1.64. The summed E-state index contributed by atoms with van der Waals surface area (Å²) in [4.78, 5) is 19.0. The van der Waals surface area contributed by atoms with Gasteiger partial charge in [-0.1, -0.05) is 12.1 Å². The number of aromatic hydroxyl groups is 1. The van der Waals surface area contributed by atoms with Crippen molar-refractivity contribution in [2.45, 2.75) is 43.8 Å². The van der Waals surface area contributed by atoms with Crippen molar-refractivity contribution in [2.75, 3.05) is 20.6 Å². The summed E-state index contributed by atoms with van der Waals surface area (Å²) in [6.45, 7) is 0.321. The number of halogens is 3. The summed E-state index contributed by atoms with van der Waals surface area (Å²) >= 11 is 1.17. The molecule has 2 aromatic rings. The maximum absolute atomic E-state index is 13.7. The van der Waals surface area contributed by atoms with E-state index in [9.17, 15) is 23.1 Å². The third kappa shape index (κ3) is 5.13. The van der Waals surface area contributed by atoms with Gasteiger partial charge in [0.05, 0.1) is 10.9 Å². The van der Waals surface area contributed by atoms with Crippen LogP contribution in [-0.2, 0) is 11.2 Å². The van der Waals surface area contributed by atoms with Crippen LogP contribution in [0.5, 0.6) is 5.75 Å². The number of phenols is 1. The van der Waals surface area contributed by atoms with Crippen LogP contribution in [0.2, 0.25) is 0 Å². The molecule has 0 saturated heterocycles. The fraction of sp³-hybridized carbons (Fsp3) is 0.524. The number of nitrogens with one attached hydrogen (secondary N) is 1. The van der Waals surface area contributed by atoms with Crippen molar-refractivity contribution >= 4 is 17.2 Å². The topological polar surface area (TPSA) is 65.5 Å². The molecule has 1 aliphatic rings. The number of hydrogen-bond donors (Lipinski definition) is 2. The van der Waals surface area contributed by atoms with E-state index in [1.165, 1.54) is 23.0 Å². The summed E-state index contributed by atoms with van der Waals surface area (Å²) < 4.78 is 41.1. The molecule has 1 saturated carbocycles. The molecule has 0 aliphatic heterocycles. The maximum Gasteiger partial charge on any atom is 0.395 e. The molecule has 2 N–H and O–H groups in total. The third-order valence-electron chi connectivity index (χ3n) is 5.88. The smallest absolute Gasteiger partial charge is 0.395 e. The van der Waals surface area contributed by atoms with Gasteiger partial charge >= 0.3 is 6.18 Å². The number of hydrogen-bond acceptors (Lipinski definition) is 5. The van der Waals surface area contributed by atoms with Crippen LogP contribution in [0.3, 0.4) is 0 Å². The molecule has 0 bridgehead atoms. The Morgan fingerprint density at radius 2 is 1.97 bits per heavy atom. The number of amides is 1. The molecular weight excluding hydrogens is 415 g/mol. The molecule has 164 valence electrons. The number of benzene rings is 1. The van der Waals surface area contributed by atoms with E-state index in [0.29, 0.717) is 17.8 Å². The number of rotatable bonds is 9. The quantitative estimate of drug-likeness (QED) is 0.618. The predicted octanol–water partition coefficient (Wildman–Crippen LogP) is 3.95. The largest absolute Gasteiger partial charge is 0.508 e. The molecular formula is C21H26F3N3O2S. The van der Waals surface area contributed by atoms with Crippen LogP contribution in [0, 0.1) is 5.41 Å². The SMILES string of the molecule is CN(C)[C@H](CNC(=O)CC(c1cncs1)C1(C(F)(F)F)CC1)Cc1ccc(O)cc1. The minimum absolute atomic E-state index is 0.0298. The Morgan fingerprint density at radius 3 is 2.47 bits per heavy atom. The third-order valence-corrected chi connectivity index (χ3v) is 6.77. The highest BCUT2D eigenvalue weighted by Gasteiger charge is 2.67. The highest BCUT2D eigenvalue weighted by Crippen LogP contribution is 2.66. The van der Waals surface area contributed by atoms with Crippen molar-refractivity contribution in [1.82, 2.24) is 15.2 Å². The lowest BCUT2D eigenvalue weighted by Crippen LogP contribution is -2.42. The van der Waals surface area contributed by atoms with Crippen molar-refractivity contribution in [2.24, 2.45) is 5.41 Å². The lowest BCUT2D eigenvalue weighted by atomic mass is 9.84. The molecule has 0 radical (unpaired) electrons. The molecule has 1 aromatic heterocycles. The van der Waals surface area contributed by atoms with E-state index >= 15 is 0 Å². The van der Waals surface area contributed by atoms with Gasteiger partial charge in [0.25, 0.3) is 0 Å². The molecule has 9 heteroatoms. The first-order chi connectivity index (χ1) is 14.1. The van der Waals surface area contributed by atoms with Gasteiger partial charge in [0.2, 0.25) is 5.91 Å². The number of aromatic nitrogens is 1. The number of nitrogens with zero attached hydrogens (tertiary/aromatic N) is 2. The van der Waals surface area contributed by atoms with Gasteiger partial charge in [-0.2, -0.15) is 13.2 Å². The van der Waals surface area contributed by atoms with Gasteiger partial charge in [0.15, 0.2) is 0 Å². The van der Waals surface area contributed by atoms with Crippen molar-refractivity contribution < 1.29 is 23.1 Å². The Kier molecular flexibility index (Phi) is 6.71. The van der Waals surface area contributed by atoms with Gasteiger partial charge < -0.3 is 15.3 Å². The van der Waals surface area contributed by atoms with Crippen LogP contribution in [-0.4, -0.2) is 53.8 Å². The monoisotopic (exact) mass is 441 g/mol. The molecule has 0 spiro atoms. The van der Waals surface area contributed by atoms with E-state index in [0.717, 1.165) is 5.56 Å². The summed E-state index contributed by atoms with van der Waals surface area (Å²) in [5.41, 5.74) is 0.688. The average molecular weight is 442 g/mol. The minimum atomic E-state index is -4.34. The van der Waals surface area contributed by atoms with Gasteiger partial charge in [-0.15, -0.1) is 11.3 Å². The van der Waals surface area contributed by atoms with E-state index in [1.807, 2.05) is 31.1 Å². The Hall–Kier alpha value is -2.13. The van der Waals surface area contributed by atoms with Crippen LogP contribution in [0.25, 0.3) is 0 Å². The van der Waals surface area contributed by atoms with Gasteiger partial charge in [0.1, 0.15) is 5.75 Å². The van der Waals surface area contributed by atoms with E-state index < -0.39 is 17.5 Å². The number of likely N-dealkylation sites (N-methyl/N-ethyl adjacent to an activating group) is 1. The van der Waals surface area contributed by atoms with Crippen LogP contribution in [0.4, 0.5) is 13.2 Å². The molecule has 1 aromatic carbocycles. The molecule has 2 atom stereocenters. The van der Waals surface area contributed by atoms with Crippen molar-refractivity contribution in [1.29, 1.82) is 0 Å². The van der Waals surface area contributed by atoms with E-state index in [4.69, 9.17) is 0 Å².